The molecule has 1 aliphatic rings. The van der Waals surface area contributed by atoms with Gasteiger partial charge in [0.15, 0.2) is 5.16 Å². The third kappa shape index (κ3) is 4.97. The Morgan fingerprint density at radius 1 is 0.973 bits per heavy atom. The Balaban J connectivity index is 1.40. The Morgan fingerprint density at radius 3 is 2.38 bits per heavy atom. The van der Waals surface area contributed by atoms with Gasteiger partial charge in [-0.05, 0) is 43.5 Å². The van der Waals surface area contributed by atoms with Gasteiger partial charge in [0.2, 0.25) is 5.91 Å². The van der Waals surface area contributed by atoms with E-state index in [0.29, 0.717) is 22.1 Å². The SMILES string of the molecule is Cc1cc(C)c(NC(=O)CSc2ncc3c(n2)-c2ccccc2N(Cc2ccccc2)S3(=O)=O)c(C)c1. The first-order chi connectivity index (χ1) is 17.7. The van der Waals surface area contributed by atoms with Crippen molar-refractivity contribution >= 4 is 39.1 Å². The molecule has 4 aromatic rings. The van der Waals surface area contributed by atoms with Gasteiger partial charge in [0, 0.05) is 11.3 Å². The van der Waals surface area contributed by atoms with Crippen LogP contribution in [0.5, 0.6) is 0 Å². The highest BCUT2D eigenvalue weighted by molar-refractivity contribution is 7.99. The lowest BCUT2D eigenvalue weighted by atomic mass is 10.1. The number of aryl methyl sites for hydroxylation is 3. The molecule has 2 heterocycles. The topological polar surface area (TPSA) is 92.3 Å². The number of fused-ring (bicyclic) bond motifs is 3. The number of rotatable bonds is 6. The molecule has 188 valence electrons. The predicted molar refractivity (Wildman–Crippen MR) is 147 cm³/mol. The summed E-state index contributed by atoms with van der Waals surface area (Å²) in [6, 6.07) is 20.8. The van der Waals surface area contributed by atoms with Crippen LogP contribution in [0.4, 0.5) is 11.4 Å². The van der Waals surface area contributed by atoms with E-state index in [1.165, 1.54) is 22.3 Å². The highest BCUT2D eigenvalue weighted by atomic mass is 32.2. The first kappa shape index (κ1) is 25.0. The number of carbonyl (C=O) groups excluding carboxylic acids is 1. The maximum atomic E-state index is 13.6. The van der Waals surface area contributed by atoms with Crippen LogP contribution < -0.4 is 9.62 Å². The minimum absolute atomic E-state index is 0.0573. The summed E-state index contributed by atoms with van der Waals surface area (Å²) in [6.07, 6.45) is 1.35. The molecule has 1 aromatic heterocycles. The summed E-state index contributed by atoms with van der Waals surface area (Å²) in [7, 11) is -3.88. The van der Waals surface area contributed by atoms with Gasteiger partial charge >= 0.3 is 0 Å². The van der Waals surface area contributed by atoms with E-state index in [-0.39, 0.29) is 23.1 Å². The van der Waals surface area contributed by atoms with Crippen molar-refractivity contribution in [2.45, 2.75) is 37.4 Å². The molecule has 3 aromatic carbocycles. The maximum Gasteiger partial charge on any atom is 0.268 e. The van der Waals surface area contributed by atoms with Gasteiger partial charge in [0.25, 0.3) is 10.0 Å². The van der Waals surface area contributed by atoms with E-state index >= 15 is 0 Å². The van der Waals surface area contributed by atoms with Crippen LogP contribution in [0.3, 0.4) is 0 Å². The number of aromatic nitrogens is 2. The molecule has 0 saturated carbocycles. The number of hydrogen-bond donors (Lipinski definition) is 1. The second kappa shape index (κ2) is 9.99. The summed E-state index contributed by atoms with van der Waals surface area (Å²) in [5.41, 5.74) is 6.46. The van der Waals surface area contributed by atoms with Gasteiger partial charge in [-0.2, -0.15) is 0 Å². The quantitative estimate of drug-likeness (QED) is 0.261. The molecule has 0 radical (unpaired) electrons. The average Bonchev–Trinajstić information content (AvgIpc) is 2.88. The number of anilines is 2. The van der Waals surface area contributed by atoms with Crippen LogP contribution >= 0.6 is 11.8 Å². The van der Waals surface area contributed by atoms with Crippen LogP contribution in [0.1, 0.15) is 22.3 Å². The lowest BCUT2D eigenvalue weighted by Gasteiger charge is -2.31. The summed E-state index contributed by atoms with van der Waals surface area (Å²) in [6.45, 7) is 6.16. The second-order valence-corrected chi connectivity index (χ2v) is 11.8. The lowest BCUT2D eigenvalue weighted by Crippen LogP contribution is -2.34. The number of nitrogens with zero attached hydrogens (tertiary/aromatic N) is 3. The van der Waals surface area contributed by atoms with Gasteiger partial charge in [-0.3, -0.25) is 9.10 Å². The van der Waals surface area contributed by atoms with Crippen molar-refractivity contribution in [2.75, 3.05) is 15.4 Å². The van der Waals surface area contributed by atoms with Crippen molar-refractivity contribution in [3.8, 4) is 11.3 Å². The predicted octanol–water partition coefficient (Wildman–Crippen LogP) is 5.51. The van der Waals surface area contributed by atoms with E-state index in [1.807, 2.05) is 81.4 Å². The zero-order valence-electron chi connectivity index (χ0n) is 20.7. The first-order valence-electron chi connectivity index (χ1n) is 11.8. The van der Waals surface area contributed by atoms with Crippen molar-refractivity contribution in [2.24, 2.45) is 0 Å². The highest BCUT2D eigenvalue weighted by Crippen LogP contribution is 2.42. The van der Waals surface area contributed by atoms with Crippen LogP contribution in [-0.2, 0) is 21.4 Å². The zero-order valence-corrected chi connectivity index (χ0v) is 22.4. The number of thioether (sulfide) groups is 1. The standard InChI is InChI=1S/C28H26N4O3S2/c1-18-13-19(2)26(20(3)14-18)30-25(33)17-36-28-29-15-24-27(31-28)22-11-7-8-12-23(22)32(37(24,34)35)16-21-9-5-4-6-10-21/h4-15H,16-17H2,1-3H3,(H,30,33). The Kier molecular flexibility index (Phi) is 6.74. The summed E-state index contributed by atoms with van der Waals surface area (Å²) in [5, 5.41) is 3.32. The van der Waals surface area contributed by atoms with Crippen LogP contribution in [0.2, 0.25) is 0 Å². The Bertz CT molecular complexity index is 1580. The largest absolute Gasteiger partial charge is 0.325 e. The molecule has 7 nitrogen and oxygen atoms in total. The van der Waals surface area contributed by atoms with Crippen LogP contribution in [0, 0.1) is 20.8 Å². The van der Waals surface area contributed by atoms with Gasteiger partial charge in [-0.25, -0.2) is 18.4 Å². The summed E-state index contributed by atoms with van der Waals surface area (Å²) in [4.78, 5) is 21.6. The number of benzene rings is 3. The zero-order chi connectivity index (χ0) is 26.2. The molecule has 1 N–H and O–H groups in total. The first-order valence-corrected chi connectivity index (χ1v) is 14.2. The van der Waals surface area contributed by atoms with Gasteiger partial charge in [0.05, 0.1) is 29.9 Å². The van der Waals surface area contributed by atoms with E-state index in [0.717, 1.165) is 27.9 Å². The molecule has 1 amide bonds. The number of amides is 1. The van der Waals surface area contributed by atoms with Crippen molar-refractivity contribution in [3.63, 3.8) is 0 Å². The molecule has 0 atom stereocenters. The van der Waals surface area contributed by atoms with Crippen LogP contribution in [0.25, 0.3) is 11.3 Å². The fraction of sp³-hybridized carbons (Fsp3) is 0.179. The molecule has 0 bridgehead atoms. The fourth-order valence-electron chi connectivity index (χ4n) is 4.55. The maximum absolute atomic E-state index is 13.6. The number of para-hydroxylation sites is 1. The van der Waals surface area contributed by atoms with Crippen LogP contribution in [-0.4, -0.2) is 30.0 Å². The van der Waals surface area contributed by atoms with Gasteiger partial charge in [-0.1, -0.05) is 78.0 Å². The molecule has 0 aliphatic carbocycles. The summed E-state index contributed by atoms with van der Waals surface area (Å²) >= 11 is 1.17. The van der Waals surface area contributed by atoms with Crippen LogP contribution in [0.15, 0.2) is 83.0 Å². The number of nitrogens with one attached hydrogen (secondary N) is 1. The van der Waals surface area contributed by atoms with Crippen molar-refractivity contribution in [1.82, 2.24) is 9.97 Å². The summed E-state index contributed by atoms with van der Waals surface area (Å²) in [5.74, 6) is -0.0801. The third-order valence-electron chi connectivity index (χ3n) is 6.17. The van der Waals surface area contributed by atoms with Crippen molar-refractivity contribution in [1.29, 1.82) is 0 Å². The van der Waals surface area contributed by atoms with Crippen molar-refractivity contribution < 1.29 is 13.2 Å². The average molecular weight is 531 g/mol. The van der Waals surface area contributed by atoms with Gasteiger partial charge in [0.1, 0.15) is 4.90 Å². The molecular weight excluding hydrogens is 504 g/mol. The Hall–Kier alpha value is -3.69. The fourth-order valence-corrected chi connectivity index (χ4v) is 6.72. The monoisotopic (exact) mass is 530 g/mol. The number of carbonyl (C=O) groups is 1. The minimum Gasteiger partial charge on any atom is -0.325 e. The number of sulfonamides is 1. The highest BCUT2D eigenvalue weighted by Gasteiger charge is 2.36. The Morgan fingerprint density at radius 2 is 1.65 bits per heavy atom. The van der Waals surface area contributed by atoms with Gasteiger partial charge in [-0.15, -0.1) is 0 Å². The molecule has 0 spiro atoms. The van der Waals surface area contributed by atoms with E-state index in [4.69, 9.17) is 0 Å². The lowest BCUT2D eigenvalue weighted by molar-refractivity contribution is -0.113. The van der Waals surface area contributed by atoms with E-state index in [2.05, 4.69) is 15.3 Å². The smallest absolute Gasteiger partial charge is 0.268 e. The summed E-state index contributed by atoms with van der Waals surface area (Å²) < 4.78 is 28.6. The molecular formula is C28H26N4O3S2. The molecule has 0 fully saturated rings. The second-order valence-electron chi connectivity index (χ2n) is 8.99. The molecule has 0 saturated heterocycles. The van der Waals surface area contributed by atoms with Gasteiger partial charge < -0.3 is 5.32 Å². The molecule has 37 heavy (non-hydrogen) atoms. The molecule has 9 heteroatoms. The van der Waals surface area contributed by atoms with E-state index < -0.39 is 10.0 Å². The normalized spacial score (nSPS) is 13.5. The van der Waals surface area contributed by atoms with Crippen molar-refractivity contribution in [3.05, 3.63) is 95.2 Å². The van der Waals surface area contributed by atoms with E-state index in [9.17, 15) is 13.2 Å². The Labute approximate surface area is 221 Å². The minimum atomic E-state index is -3.88. The third-order valence-corrected chi connectivity index (χ3v) is 8.79. The van der Waals surface area contributed by atoms with E-state index in [1.54, 1.807) is 6.07 Å². The molecule has 1 aliphatic heterocycles. The number of hydrogen-bond acceptors (Lipinski definition) is 6. The molecule has 0 unspecified atom stereocenters. The molecule has 5 rings (SSSR count).